The first-order chi connectivity index (χ1) is 11.5. The molecular weight excluding hydrogens is 330 g/mol. The van der Waals surface area contributed by atoms with Crippen molar-refractivity contribution in [2.24, 2.45) is 0 Å². The first-order valence-corrected chi connectivity index (χ1v) is 9.20. The Morgan fingerprint density at radius 1 is 1.29 bits per heavy atom. The Bertz CT molecular complexity index is 777. The summed E-state index contributed by atoms with van der Waals surface area (Å²) >= 11 is 0. The number of carbonyl (C=O) groups is 1. The van der Waals surface area contributed by atoms with Gasteiger partial charge >= 0.3 is 0 Å². The Balaban J connectivity index is 1.62. The second kappa shape index (κ2) is 7.10. The number of aromatic nitrogens is 3. The zero-order valence-corrected chi connectivity index (χ0v) is 13.9. The molecule has 128 valence electrons. The van der Waals surface area contributed by atoms with Crippen LogP contribution >= 0.6 is 0 Å². The van der Waals surface area contributed by atoms with Gasteiger partial charge in [0.2, 0.25) is 15.9 Å². The van der Waals surface area contributed by atoms with Gasteiger partial charge in [-0.15, -0.1) is 0 Å². The van der Waals surface area contributed by atoms with Gasteiger partial charge in [-0.3, -0.25) is 4.79 Å². The van der Waals surface area contributed by atoms with Crippen LogP contribution in [0.3, 0.4) is 0 Å². The highest BCUT2D eigenvalue weighted by molar-refractivity contribution is 7.89. The van der Waals surface area contributed by atoms with E-state index < -0.39 is 10.0 Å². The number of hydrogen-bond donors (Lipinski definition) is 1. The molecule has 0 bridgehead atoms. The molecule has 9 heteroatoms. The number of amides is 1. The molecule has 1 aliphatic rings. The number of likely N-dealkylation sites (tertiary alicyclic amines) is 1. The number of sulfonamides is 1. The molecule has 0 spiro atoms. The fourth-order valence-corrected chi connectivity index (χ4v) is 4.02. The Morgan fingerprint density at radius 2 is 2.08 bits per heavy atom. The molecule has 24 heavy (non-hydrogen) atoms. The summed E-state index contributed by atoms with van der Waals surface area (Å²) in [6.45, 7) is 1.09. The minimum absolute atomic E-state index is 0.0934. The van der Waals surface area contributed by atoms with E-state index in [2.05, 4.69) is 14.8 Å². The van der Waals surface area contributed by atoms with Gasteiger partial charge < -0.3 is 4.90 Å². The molecule has 0 saturated carbocycles. The maximum absolute atomic E-state index is 12.4. The third kappa shape index (κ3) is 3.98. The highest BCUT2D eigenvalue weighted by Gasteiger charge is 2.27. The standard InChI is InChI=1S/C15H19N5O3S/c21-15(10-20-12-16-11-17-20)19-8-4-5-13(9-19)18-24(22,23)14-6-2-1-3-7-14/h1-3,6-7,11-13,18H,4-5,8-10H2. The molecule has 1 N–H and O–H groups in total. The second-order valence-electron chi connectivity index (χ2n) is 5.71. The molecule has 1 aliphatic heterocycles. The third-order valence-corrected chi connectivity index (χ3v) is 5.45. The van der Waals surface area contributed by atoms with Gasteiger partial charge in [-0.1, -0.05) is 18.2 Å². The molecule has 1 aromatic carbocycles. The lowest BCUT2D eigenvalue weighted by Crippen LogP contribution is -2.50. The van der Waals surface area contributed by atoms with Gasteiger partial charge in [-0.2, -0.15) is 5.10 Å². The summed E-state index contributed by atoms with van der Waals surface area (Å²) in [6.07, 6.45) is 4.32. The van der Waals surface area contributed by atoms with E-state index in [1.807, 2.05) is 0 Å². The molecule has 8 nitrogen and oxygen atoms in total. The van der Waals surface area contributed by atoms with Crippen molar-refractivity contribution in [3.63, 3.8) is 0 Å². The van der Waals surface area contributed by atoms with E-state index in [1.54, 1.807) is 35.2 Å². The molecule has 1 aromatic heterocycles. The van der Waals surface area contributed by atoms with Gasteiger partial charge in [0, 0.05) is 19.1 Å². The van der Waals surface area contributed by atoms with Crippen LogP contribution in [0.25, 0.3) is 0 Å². The highest BCUT2D eigenvalue weighted by atomic mass is 32.2. The molecule has 0 radical (unpaired) electrons. The Hall–Kier alpha value is -2.26. The van der Waals surface area contributed by atoms with Crippen molar-refractivity contribution in [2.45, 2.75) is 30.3 Å². The number of carbonyl (C=O) groups excluding carboxylic acids is 1. The van der Waals surface area contributed by atoms with Gasteiger partial charge in [0.05, 0.1) is 4.90 Å². The number of benzene rings is 1. The van der Waals surface area contributed by atoms with Gasteiger partial charge in [-0.05, 0) is 25.0 Å². The van der Waals surface area contributed by atoms with Crippen LogP contribution in [0, 0.1) is 0 Å². The predicted molar refractivity (Wildman–Crippen MR) is 86.4 cm³/mol. The normalized spacial score (nSPS) is 18.5. The summed E-state index contributed by atoms with van der Waals surface area (Å²) < 4.78 is 28.9. The van der Waals surface area contributed by atoms with E-state index in [0.29, 0.717) is 19.5 Å². The Labute approximate surface area is 140 Å². The molecule has 1 fully saturated rings. The molecule has 0 aliphatic carbocycles. The lowest BCUT2D eigenvalue weighted by atomic mass is 10.1. The summed E-state index contributed by atoms with van der Waals surface area (Å²) in [7, 11) is -3.57. The summed E-state index contributed by atoms with van der Waals surface area (Å²) in [5.41, 5.74) is 0. The lowest BCUT2D eigenvalue weighted by Gasteiger charge is -2.33. The molecule has 1 unspecified atom stereocenters. The van der Waals surface area contributed by atoms with Crippen molar-refractivity contribution >= 4 is 15.9 Å². The van der Waals surface area contributed by atoms with Gasteiger partial charge in [0.15, 0.2) is 0 Å². The number of piperidine rings is 1. The largest absolute Gasteiger partial charge is 0.339 e. The number of nitrogens with one attached hydrogen (secondary N) is 1. The topological polar surface area (TPSA) is 97.2 Å². The van der Waals surface area contributed by atoms with E-state index in [0.717, 1.165) is 6.42 Å². The van der Waals surface area contributed by atoms with E-state index in [4.69, 9.17) is 0 Å². The van der Waals surface area contributed by atoms with Crippen LogP contribution in [-0.2, 0) is 21.4 Å². The van der Waals surface area contributed by atoms with Crippen LogP contribution in [0.5, 0.6) is 0 Å². The summed E-state index contributed by atoms with van der Waals surface area (Å²) in [4.78, 5) is 18.0. The molecule has 1 amide bonds. The molecule has 1 atom stereocenters. The minimum Gasteiger partial charge on any atom is -0.339 e. The second-order valence-corrected chi connectivity index (χ2v) is 7.42. The highest BCUT2D eigenvalue weighted by Crippen LogP contribution is 2.15. The van der Waals surface area contributed by atoms with E-state index in [1.165, 1.54) is 17.3 Å². The number of rotatable bonds is 5. The summed E-state index contributed by atoms with van der Waals surface area (Å²) in [5, 5.41) is 3.92. The fourth-order valence-electron chi connectivity index (χ4n) is 2.74. The first-order valence-electron chi connectivity index (χ1n) is 7.72. The van der Waals surface area contributed by atoms with Crippen LogP contribution in [0.1, 0.15) is 12.8 Å². The Kier molecular flexibility index (Phi) is 4.91. The van der Waals surface area contributed by atoms with Crippen molar-refractivity contribution < 1.29 is 13.2 Å². The quantitative estimate of drug-likeness (QED) is 0.834. The maximum Gasteiger partial charge on any atom is 0.244 e. The zero-order valence-electron chi connectivity index (χ0n) is 13.1. The van der Waals surface area contributed by atoms with E-state index in [-0.39, 0.29) is 23.4 Å². The summed E-state index contributed by atoms with van der Waals surface area (Å²) in [5.74, 6) is -0.0934. The SMILES string of the molecule is O=C(Cn1cncn1)N1CCCC(NS(=O)(=O)c2ccccc2)C1. The van der Waals surface area contributed by atoms with Crippen molar-refractivity contribution in [1.29, 1.82) is 0 Å². The number of hydrogen-bond acceptors (Lipinski definition) is 5. The van der Waals surface area contributed by atoms with E-state index in [9.17, 15) is 13.2 Å². The minimum atomic E-state index is -3.57. The van der Waals surface area contributed by atoms with E-state index >= 15 is 0 Å². The van der Waals surface area contributed by atoms with Gasteiger partial charge in [0.25, 0.3) is 0 Å². The van der Waals surface area contributed by atoms with Crippen LogP contribution in [0.4, 0.5) is 0 Å². The van der Waals surface area contributed by atoms with Crippen molar-refractivity contribution in [1.82, 2.24) is 24.4 Å². The fraction of sp³-hybridized carbons (Fsp3) is 0.400. The third-order valence-electron chi connectivity index (χ3n) is 3.91. The van der Waals surface area contributed by atoms with Gasteiger partial charge in [0.1, 0.15) is 19.2 Å². The lowest BCUT2D eigenvalue weighted by molar-refractivity contribution is -0.133. The molecule has 1 saturated heterocycles. The predicted octanol–water partition coefficient (Wildman–Crippen LogP) is 0.248. The maximum atomic E-state index is 12.4. The Morgan fingerprint density at radius 3 is 2.79 bits per heavy atom. The first kappa shape index (κ1) is 16.6. The van der Waals surface area contributed by atoms with Crippen molar-refractivity contribution in [3.8, 4) is 0 Å². The van der Waals surface area contributed by atoms with Crippen molar-refractivity contribution in [2.75, 3.05) is 13.1 Å². The van der Waals surface area contributed by atoms with Crippen LogP contribution in [0.15, 0.2) is 47.9 Å². The summed E-state index contributed by atoms with van der Waals surface area (Å²) in [6, 6.07) is 7.96. The van der Waals surface area contributed by atoms with Gasteiger partial charge in [-0.25, -0.2) is 22.8 Å². The molecule has 2 aromatic rings. The molecule has 3 rings (SSSR count). The monoisotopic (exact) mass is 349 g/mol. The van der Waals surface area contributed by atoms with Crippen LogP contribution in [0.2, 0.25) is 0 Å². The zero-order chi connectivity index (χ0) is 17.0. The van der Waals surface area contributed by atoms with Crippen molar-refractivity contribution in [3.05, 3.63) is 43.0 Å². The molecule has 2 heterocycles. The average Bonchev–Trinajstić information content (AvgIpc) is 3.08. The van der Waals surface area contributed by atoms with Crippen LogP contribution in [-0.4, -0.2) is 53.1 Å². The number of nitrogens with zero attached hydrogens (tertiary/aromatic N) is 4. The smallest absolute Gasteiger partial charge is 0.244 e. The van der Waals surface area contributed by atoms with Crippen LogP contribution < -0.4 is 4.72 Å². The average molecular weight is 349 g/mol. The molecular formula is C15H19N5O3S.